The van der Waals surface area contributed by atoms with Gasteiger partial charge in [0.05, 0.1) is 14.1 Å². The number of carbonyl (C=O) groups excluding carboxylic acids is 1. The predicted molar refractivity (Wildman–Crippen MR) is 73.2 cm³/mol. The van der Waals surface area contributed by atoms with Gasteiger partial charge in [-0.3, -0.25) is 0 Å². The number of aldehydes is 1. The second kappa shape index (κ2) is 8.97. The van der Waals surface area contributed by atoms with Crippen LogP contribution in [0, 0.1) is 0 Å². The quantitative estimate of drug-likeness (QED) is 0.240. The third-order valence-corrected chi connectivity index (χ3v) is 3.61. The Kier molecular flexibility index (Phi) is 7.27. The van der Waals surface area contributed by atoms with Crippen molar-refractivity contribution in [2.24, 2.45) is 0 Å². The van der Waals surface area contributed by atoms with Crippen molar-refractivity contribution in [1.29, 1.82) is 0 Å². The molecule has 23 heavy (non-hydrogen) atoms. The average Bonchev–Trinajstić information content (AvgIpc) is 2.56. The van der Waals surface area contributed by atoms with Crippen LogP contribution in [0.25, 0.3) is 0 Å². The second-order valence-electron chi connectivity index (χ2n) is 5.30. The fourth-order valence-corrected chi connectivity index (χ4v) is 2.27. The molecule has 1 fully saturated rings. The minimum atomic E-state index is -1.84. The van der Waals surface area contributed by atoms with Gasteiger partial charge in [-0.15, -0.1) is 0 Å². The Labute approximate surface area is 134 Å². The Bertz CT molecular complexity index is 384. The van der Waals surface area contributed by atoms with E-state index in [-0.39, 0.29) is 6.29 Å². The maximum absolute atomic E-state index is 10.6. The normalized spacial score (nSPS) is 37.5. The van der Waals surface area contributed by atoms with E-state index in [0.717, 1.165) is 0 Å². The second-order valence-corrected chi connectivity index (χ2v) is 5.30. The van der Waals surface area contributed by atoms with Crippen LogP contribution >= 0.6 is 0 Å². The first kappa shape index (κ1) is 18.6. The fourth-order valence-electron chi connectivity index (χ4n) is 2.27. The molecule has 6 N–H and O–H groups in total. The summed E-state index contributed by atoms with van der Waals surface area (Å²) < 4.78 is 22.4. The van der Waals surface area contributed by atoms with E-state index < -0.39 is 68.8 Å². The largest absolute Gasteiger partial charge is 0.394 e. The Morgan fingerprint density at radius 2 is 1.96 bits per heavy atom. The van der Waals surface area contributed by atoms with Crippen molar-refractivity contribution in [3.8, 4) is 0 Å². The first-order valence-electron chi connectivity index (χ1n) is 7.67. The zero-order valence-corrected chi connectivity index (χ0v) is 12.5. The van der Waals surface area contributed by atoms with Crippen LogP contribution in [0.4, 0.5) is 0 Å². The van der Waals surface area contributed by atoms with E-state index in [1.807, 2.05) is 0 Å². The van der Waals surface area contributed by atoms with Crippen LogP contribution < -0.4 is 0 Å². The number of aliphatic hydroxyl groups is 6. The summed E-state index contributed by atoms with van der Waals surface area (Å²) in [4.78, 5) is 10.6. The molecular weight excluding hydrogens is 316 g/mol. The molecule has 10 heteroatoms. The van der Waals surface area contributed by atoms with Crippen molar-refractivity contribution in [2.45, 2.75) is 62.0 Å². The van der Waals surface area contributed by atoms with Crippen molar-refractivity contribution >= 4 is 6.29 Å². The fraction of sp³-hybridized carbons (Fsp3) is 0.923. The summed E-state index contributed by atoms with van der Waals surface area (Å²) >= 11 is 0. The Balaban J connectivity index is 2.93. The van der Waals surface area contributed by atoms with Gasteiger partial charge in [0, 0.05) is 7.09 Å². The lowest BCUT2D eigenvalue weighted by Gasteiger charge is -2.43. The molecule has 1 rings (SSSR count). The van der Waals surface area contributed by atoms with Crippen LogP contribution in [0.5, 0.6) is 0 Å². The monoisotopic (exact) mass is 341 g/mol. The van der Waals surface area contributed by atoms with Crippen LogP contribution in [0.3, 0.4) is 0 Å². The summed E-state index contributed by atoms with van der Waals surface area (Å²) in [5.41, 5.74) is 0. The van der Waals surface area contributed by atoms with Gasteiger partial charge in [-0.2, -0.15) is 0 Å². The number of hydrogen-bond acceptors (Lipinski definition) is 10. The molecule has 0 spiro atoms. The van der Waals surface area contributed by atoms with Gasteiger partial charge in [0.15, 0.2) is 12.6 Å². The minimum absolute atomic E-state index is 0.0495. The SMILES string of the molecule is [2H]CO[C@H]1[C@@H](O)[C@@H](CO)OC(O[C@H]([C@@H](O)[C@@H](O)C=O)[C@H](C)O)[C@@H]1O. The van der Waals surface area contributed by atoms with E-state index in [4.69, 9.17) is 15.6 Å². The van der Waals surface area contributed by atoms with E-state index in [9.17, 15) is 35.4 Å². The Morgan fingerprint density at radius 3 is 2.43 bits per heavy atom. The molecule has 0 radical (unpaired) electrons. The summed E-state index contributed by atoms with van der Waals surface area (Å²) in [6.45, 7) is 0.571. The summed E-state index contributed by atoms with van der Waals surface area (Å²) in [7, 11) is -0.587. The van der Waals surface area contributed by atoms with E-state index in [2.05, 4.69) is 0 Å². The number of carbonyl (C=O) groups is 1. The van der Waals surface area contributed by atoms with Crippen LogP contribution in [-0.4, -0.2) is 106 Å². The van der Waals surface area contributed by atoms with Crippen molar-refractivity contribution in [1.82, 2.24) is 0 Å². The topological polar surface area (TPSA) is 166 Å². The van der Waals surface area contributed by atoms with Gasteiger partial charge < -0.3 is 49.6 Å². The van der Waals surface area contributed by atoms with E-state index in [0.29, 0.717) is 0 Å². The molecule has 0 aromatic heterocycles. The highest BCUT2D eigenvalue weighted by Gasteiger charge is 2.47. The highest BCUT2D eigenvalue weighted by Crippen LogP contribution is 2.26. The Morgan fingerprint density at radius 1 is 1.30 bits per heavy atom. The summed E-state index contributed by atoms with van der Waals surface area (Å²) in [6, 6.07) is 0. The standard InChI is InChI=1S/C13H24O10/c1-5(16)11(8(18)6(17)3-14)23-13-10(20)12(21-2)9(19)7(4-15)22-13/h3,5-13,15-20H,4H2,1-2H3/t5-,6-,7+,8-,9-,10+,11-,12-,13?/m0/s1/i2D. The molecule has 1 aliphatic rings. The first-order valence-corrected chi connectivity index (χ1v) is 6.96. The highest BCUT2D eigenvalue weighted by atomic mass is 16.7. The van der Waals surface area contributed by atoms with Crippen molar-refractivity contribution < 1.29 is 51.0 Å². The van der Waals surface area contributed by atoms with Gasteiger partial charge >= 0.3 is 0 Å². The lowest BCUT2D eigenvalue weighted by molar-refractivity contribution is -0.327. The third kappa shape index (κ3) is 4.66. The number of methoxy groups -OCH3 is 1. The van der Waals surface area contributed by atoms with E-state index >= 15 is 0 Å². The molecule has 9 atom stereocenters. The maximum atomic E-state index is 10.6. The van der Waals surface area contributed by atoms with Crippen LogP contribution in [0.15, 0.2) is 0 Å². The van der Waals surface area contributed by atoms with Crippen LogP contribution in [0.1, 0.15) is 8.29 Å². The van der Waals surface area contributed by atoms with Gasteiger partial charge in [0.25, 0.3) is 0 Å². The smallest absolute Gasteiger partial charge is 0.187 e. The molecule has 1 unspecified atom stereocenters. The minimum Gasteiger partial charge on any atom is -0.394 e. The number of aliphatic hydroxyl groups excluding tert-OH is 6. The van der Waals surface area contributed by atoms with Gasteiger partial charge in [-0.25, -0.2) is 0 Å². The molecule has 1 heterocycles. The number of hydrogen-bond donors (Lipinski definition) is 6. The molecule has 0 aromatic carbocycles. The lowest BCUT2D eigenvalue weighted by atomic mass is 9.98. The van der Waals surface area contributed by atoms with Gasteiger partial charge in [-0.1, -0.05) is 0 Å². The maximum Gasteiger partial charge on any atom is 0.187 e. The molecule has 0 saturated carbocycles. The summed E-state index contributed by atoms with van der Waals surface area (Å²) in [6.07, 6.45) is -13.6. The highest BCUT2D eigenvalue weighted by molar-refractivity contribution is 5.56. The molecule has 0 aromatic rings. The zero-order valence-electron chi connectivity index (χ0n) is 13.5. The van der Waals surface area contributed by atoms with Crippen LogP contribution in [-0.2, 0) is 19.0 Å². The predicted octanol–water partition coefficient (Wildman–Crippen LogP) is -3.87. The molecule has 0 amide bonds. The molecule has 136 valence electrons. The third-order valence-electron chi connectivity index (χ3n) is 3.61. The summed E-state index contributed by atoms with van der Waals surface area (Å²) in [5.74, 6) is 0. The number of ether oxygens (including phenoxy) is 3. The van der Waals surface area contributed by atoms with Gasteiger partial charge in [-0.05, 0) is 6.92 Å². The van der Waals surface area contributed by atoms with Crippen molar-refractivity contribution in [2.75, 3.05) is 13.7 Å². The van der Waals surface area contributed by atoms with Gasteiger partial charge in [0.1, 0.15) is 42.7 Å². The van der Waals surface area contributed by atoms with Gasteiger partial charge in [0.2, 0.25) is 0 Å². The van der Waals surface area contributed by atoms with Crippen LogP contribution in [0.2, 0.25) is 0 Å². The first-order chi connectivity index (χ1) is 11.3. The van der Waals surface area contributed by atoms with E-state index in [1.54, 1.807) is 0 Å². The average molecular weight is 341 g/mol. The molecule has 0 aliphatic carbocycles. The van der Waals surface area contributed by atoms with Crippen molar-refractivity contribution in [3.05, 3.63) is 0 Å². The summed E-state index contributed by atoms with van der Waals surface area (Å²) in [5, 5.41) is 58.2. The lowest BCUT2D eigenvalue weighted by Crippen LogP contribution is -2.61. The zero-order chi connectivity index (χ0) is 18.4. The molecule has 1 saturated heterocycles. The molecular formula is C13H24O10. The molecule has 1 aliphatic heterocycles. The molecule has 10 nitrogen and oxygen atoms in total. The van der Waals surface area contributed by atoms with E-state index in [1.165, 1.54) is 6.92 Å². The van der Waals surface area contributed by atoms with Crippen molar-refractivity contribution in [3.63, 3.8) is 0 Å². The number of rotatable bonds is 8. The molecule has 0 bridgehead atoms. The Hall–Kier alpha value is -0.690.